The van der Waals surface area contributed by atoms with E-state index in [0.717, 1.165) is 49.9 Å². The molecule has 0 amide bonds. The van der Waals surface area contributed by atoms with Gasteiger partial charge in [0.05, 0.1) is 11.6 Å². The number of benzene rings is 2. The van der Waals surface area contributed by atoms with Crippen LogP contribution in [0.1, 0.15) is 38.2 Å². The van der Waals surface area contributed by atoms with Crippen LogP contribution in [-0.4, -0.2) is 81.5 Å². The number of fused-ring (bicyclic) bond motifs is 7. The molecule has 242 valence electrons. The van der Waals surface area contributed by atoms with E-state index >= 15 is 8.78 Å². The Morgan fingerprint density at radius 2 is 1.89 bits per heavy atom. The van der Waals surface area contributed by atoms with Crippen molar-refractivity contribution in [1.82, 2.24) is 25.2 Å². The summed E-state index contributed by atoms with van der Waals surface area (Å²) in [5.74, 6) is -0.446. The molecule has 4 aromatic rings. The summed E-state index contributed by atoms with van der Waals surface area (Å²) in [7, 11) is 0. The zero-order valence-corrected chi connectivity index (χ0v) is 26.3. The van der Waals surface area contributed by atoms with E-state index in [1.54, 1.807) is 12.1 Å². The zero-order chi connectivity index (χ0) is 32.2. The Labute approximate surface area is 270 Å². The first-order valence-corrected chi connectivity index (χ1v) is 16.4. The largest absolute Gasteiger partial charge is 0.508 e. The smallest absolute Gasteiger partial charge is 0.319 e. The number of rotatable bonds is 5. The summed E-state index contributed by atoms with van der Waals surface area (Å²) in [5, 5.41) is 15.9. The van der Waals surface area contributed by atoms with Crippen LogP contribution in [0.4, 0.5) is 14.6 Å². The van der Waals surface area contributed by atoms with E-state index in [4.69, 9.17) is 24.4 Å². The second-order valence-electron chi connectivity index (χ2n) is 13.9. The third-order valence-corrected chi connectivity index (χ3v) is 10.8. The highest BCUT2D eigenvalue weighted by Gasteiger charge is 2.48. The molecule has 47 heavy (non-hydrogen) atoms. The summed E-state index contributed by atoms with van der Waals surface area (Å²) < 4.78 is 45.1. The van der Waals surface area contributed by atoms with E-state index in [1.165, 1.54) is 12.1 Å². The molecule has 3 unspecified atom stereocenters. The number of ether oxygens (including phenoxy) is 2. The van der Waals surface area contributed by atoms with Crippen LogP contribution in [0.3, 0.4) is 0 Å². The summed E-state index contributed by atoms with van der Waals surface area (Å²) in [4.78, 5) is 19.0. The Morgan fingerprint density at radius 3 is 2.68 bits per heavy atom. The number of halogens is 2. The van der Waals surface area contributed by atoms with Crippen LogP contribution in [0.15, 0.2) is 48.6 Å². The molecule has 7 heterocycles. The standard InChI is InChI=1S/C36H36F2N6O3/c1-4-23-25(37)7-5-20-9-22(45)10-24(28(20)23)31-30(38)32-29-33(44-15-21-6-8-26(39-21)27(44)16-46-34(29)40-31)42-35(41-32)47-17-36-11-18(2)13-43(36)14-19(3)12-36/h5,7,9-10,21,26-27,39,45H,2-4,6,8,11-17H2,1H3. The molecule has 2 aromatic heterocycles. The van der Waals surface area contributed by atoms with Crippen molar-refractivity contribution >= 4 is 27.5 Å². The monoisotopic (exact) mass is 638 g/mol. The molecule has 9 nitrogen and oxygen atoms in total. The maximum Gasteiger partial charge on any atom is 0.319 e. The van der Waals surface area contributed by atoms with E-state index in [9.17, 15) is 5.11 Å². The second kappa shape index (κ2) is 10.3. The first-order chi connectivity index (χ1) is 22.7. The Morgan fingerprint density at radius 1 is 1.09 bits per heavy atom. The molecule has 0 spiro atoms. The van der Waals surface area contributed by atoms with Gasteiger partial charge in [0.1, 0.15) is 47.2 Å². The second-order valence-corrected chi connectivity index (χ2v) is 13.9. The van der Waals surface area contributed by atoms with Gasteiger partial charge < -0.3 is 24.8 Å². The van der Waals surface area contributed by atoms with Gasteiger partial charge in [-0.25, -0.2) is 13.8 Å². The molecule has 0 radical (unpaired) electrons. The fourth-order valence-corrected chi connectivity index (χ4v) is 8.84. The van der Waals surface area contributed by atoms with E-state index in [1.807, 2.05) is 6.92 Å². The number of aryl methyl sites for hydroxylation is 1. The summed E-state index contributed by atoms with van der Waals surface area (Å²) in [6, 6.07) is 6.43. The van der Waals surface area contributed by atoms with Crippen molar-refractivity contribution < 1.29 is 23.4 Å². The number of pyridine rings is 1. The minimum Gasteiger partial charge on any atom is -0.508 e. The van der Waals surface area contributed by atoms with Gasteiger partial charge in [0, 0.05) is 37.3 Å². The number of aromatic nitrogens is 3. The van der Waals surface area contributed by atoms with Gasteiger partial charge in [-0.05, 0) is 66.6 Å². The molecule has 9 rings (SSSR count). The van der Waals surface area contributed by atoms with Gasteiger partial charge in [-0.3, -0.25) is 4.90 Å². The van der Waals surface area contributed by atoms with Crippen molar-refractivity contribution in [2.45, 2.75) is 62.7 Å². The third-order valence-electron chi connectivity index (χ3n) is 10.8. The Bertz CT molecular complexity index is 2010. The van der Waals surface area contributed by atoms with Crippen molar-refractivity contribution in [1.29, 1.82) is 0 Å². The number of anilines is 1. The van der Waals surface area contributed by atoms with Crippen LogP contribution < -0.4 is 19.7 Å². The third kappa shape index (κ3) is 4.35. The van der Waals surface area contributed by atoms with Crippen molar-refractivity contribution in [3.63, 3.8) is 0 Å². The van der Waals surface area contributed by atoms with Crippen LogP contribution in [0.25, 0.3) is 32.9 Å². The van der Waals surface area contributed by atoms with Crippen molar-refractivity contribution in [3.8, 4) is 28.9 Å². The lowest BCUT2D eigenvalue weighted by molar-refractivity contribution is 0.108. The average Bonchev–Trinajstić information content (AvgIpc) is 3.64. The minimum atomic E-state index is -0.709. The molecule has 2 bridgehead atoms. The van der Waals surface area contributed by atoms with E-state index in [0.29, 0.717) is 53.7 Å². The van der Waals surface area contributed by atoms with Gasteiger partial charge in [0.25, 0.3) is 0 Å². The van der Waals surface area contributed by atoms with Crippen LogP contribution in [0.5, 0.6) is 17.6 Å². The lowest BCUT2D eigenvalue weighted by Crippen LogP contribution is -2.60. The van der Waals surface area contributed by atoms with Gasteiger partial charge in [-0.1, -0.05) is 37.3 Å². The number of phenolic OH excluding ortho intramolecular Hbond substituents is 1. The molecule has 11 heteroatoms. The van der Waals surface area contributed by atoms with Crippen LogP contribution >= 0.6 is 0 Å². The predicted molar refractivity (Wildman–Crippen MR) is 175 cm³/mol. The maximum absolute atomic E-state index is 17.1. The number of hydrogen-bond acceptors (Lipinski definition) is 9. The van der Waals surface area contributed by atoms with Crippen molar-refractivity contribution in [2.24, 2.45) is 0 Å². The van der Waals surface area contributed by atoms with Gasteiger partial charge in [0.2, 0.25) is 5.88 Å². The van der Waals surface area contributed by atoms with Crippen LogP contribution in [0, 0.1) is 11.6 Å². The van der Waals surface area contributed by atoms with Gasteiger partial charge in [-0.2, -0.15) is 9.97 Å². The van der Waals surface area contributed by atoms with Crippen molar-refractivity contribution in [3.05, 3.63) is 65.8 Å². The Kier molecular flexibility index (Phi) is 6.33. The molecule has 4 fully saturated rings. The van der Waals surface area contributed by atoms with Crippen LogP contribution in [-0.2, 0) is 6.42 Å². The molecule has 2 N–H and O–H groups in total. The topological polar surface area (TPSA) is 95.9 Å². The molecule has 5 aliphatic heterocycles. The van der Waals surface area contributed by atoms with Gasteiger partial charge >= 0.3 is 6.01 Å². The zero-order valence-electron chi connectivity index (χ0n) is 26.3. The van der Waals surface area contributed by atoms with Gasteiger partial charge in [-0.15, -0.1) is 0 Å². The molecule has 0 aliphatic carbocycles. The van der Waals surface area contributed by atoms with Crippen molar-refractivity contribution in [2.75, 3.05) is 37.7 Å². The van der Waals surface area contributed by atoms with Gasteiger partial charge in [0.15, 0.2) is 5.82 Å². The summed E-state index contributed by atoms with van der Waals surface area (Å²) in [6.07, 6.45) is 3.99. The SMILES string of the molecule is C=C1CN2CC(=C)CC2(COc2nc3c4c(nc(-c5cc(O)cc6ccc(F)c(CC)c56)c(F)c4n2)OCC2C4CCC(CN32)N4)C1. The highest BCUT2D eigenvalue weighted by molar-refractivity contribution is 6.03. The number of piperazine rings is 1. The van der Waals surface area contributed by atoms with E-state index < -0.39 is 11.6 Å². The van der Waals surface area contributed by atoms with E-state index in [2.05, 4.69) is 28.3 Å². The molecule has 4 saturated heterocycles. The highest BCUT2D eigenvalue weighted by atomic mass is 19.1. The summed E-state index contributed by atoms with van der Waals surface area (Å²) in [5.41, 5.74) is 2.64. The first kappa shape index (κ1) is 28.8. The number of aromatic hydroxyl groups is 1. The molecular formula is C36H36F2N6O3. The quantitative estimate of drug-likeness (QED) is 0.278. The summed E-state index contributed by atoms with van der Waals surface area (Å²) in [6.45, 7) is 13.2. The Hall–Kier alpha value is -4.35. The minimum absolute atomic E-state index is 0.0171. The van der Waals surface area contributed by atoms with Crippen LogP contribution in [0.2, 0.25) is 0 Å². The predicted octanol–water partition coefficient (Wildman–Crippen LogP) is 5.43. The fourth-order valence-electron chi connectivity index (χ4n) is 8.84. The number of phenols is 1. The normalized spacial score (nSPS) is 24.5. The molecule has 3 atom stereocenters. The Balaban J connectivity index is 1.24. The molecule has 2 aromatic carbocycles. The average molecular weight is 639 g/mol. The highest BCUT2D eigenvalue weighted by Crippen LogP contribution is 2.46. The molecule has 0 saturated carbocycles. The number of hydrogen-bond donors (Lipinski definition) is 2. The molecule has 5 aliphatic rings. The number of nitrogens with one attached hydrogen (secondary N) is 1. The molecular weight excluding hydrogens is 602 g/mol. The lowest BCUT2D eigenvalue weighted by Gasteiger charge is -2.40. The van der Waals surface area contributed by atoms with E-state index in [-0.39, 0.29) is 58.1 Å². The first-order valence-electron chi connectivity index (χ1n) is 16.4. The summed E-state index contributed by atoms with van der Waals surface area (Å²) >= 11 is 0. The lowest BCUT2D eigenvalue weighted by atomic mass is 9.92. The number of nitrogens with zero attached hydrogens (tertiary/aromatic N) is 5. The maximum atomic E-state index is 17.1. The fraction of sp³-hybridized carbons (Fsp3) is 0.417.